The van der Waals surface area contributed by atoms with Crippen LogP contribution in [0.2, 0.25) is 5.02 Å². The van der Waals surface area contributed by atoms with Gasteiger partial charge in [0.2, 0.25) is 0 Å². The molecule has 0 aliphatic heterocycles. The summed E-state index contributed by atoms with van der Waals surface area (Å²) in [5.41, 5.74) is 2.93. The number of nitrogens with zero attached hydrogens (tertiary/aromatic N) is 1. The molecule has 1 aromatic heterocycles. The Kier molecular flexibility index (Phi) is 3.30. The number of pyridine rings is 1. The summed E-state index contributed by atoms with van der Waals surface area (Å²) < 4.78 is 0. The minimum absolute atomic E-state index is 0.750. The van der Waals surface area contributed by atoms with Gasteiger partial charge in [0.15, 0.2) is 0 Å². The molecule has 0 saturated carbocycles. The Labute approximate surface area is 117 Å². The van der Waals surface area contributed by atoms with Crippen molar-refractivity contribution in [1.82, 2.24) is 4.98 Å². The third-order valence-corrected chi connectivity index (χ3v) is 3.30. The fourth-order valence-electron chi connectivity index (χ4n) is 1.96. The van der Waals surface area contributed by atoms with E-state index < -0.39 is 0 Å². The maximum absolute atomic E-state index is 6.11. The number of para-hydroxylation sites is 1. The van der Waals surface area contributed by atoms with Gasteiger partial charge in [-0.25, -0.2) is 4.98 Å². The smallest absolute Gasteiger partial charge is 0.0709 e. The molecule has 0 saturated heterocycles. The molecule has 2 aromatic carbocycles. The Bertz CT molecular complexity index is 747. The zero-order valence-corrected chi connectivity index (χ0v) is 11.0. The number of benzene rings is 2. The molecular formula is C17H12ClN. The van der Waals surface area contributed by atoms with Crippen LogP contribution >= 0.6 is 11.6 Å². The van der Waals surface area contributed by atoms with Crippen molar-refractivity contribution < 1.29 is 0 Å². The molecule has 2 heteroatoms. The number of rotatable bonds is 2. The molecule has 3 aromatic rings. The first-order chi connectivity index (χ1) is 9.33. The van der Waals surface area contributed by atoms with Gasteiger partial charge in [-0.3, -0.25) is 0 Å². The summed E-state index contributed by atoms with van der Waals surface area (Å²) in [6.45, 7) is 0. The van der Waals surface area contributed by atoms with E-state index >= 15 is 0 Å². The van der Waals surface area contributed by atoms with Crippen LogP contribution in [0.3, 0.4) is 0 Å². The van der Waals surface area contributed by atoms with Crippen LogP contribution in [0.1, 0.15) is 11.3 Å². The third kappa shape index (κ3) is 2.67. The van der Waals surface area contributed by atoms with Gasteiger partial charge in [0.25, 0.3) is 0 Å². The van der Waals surface area contributed by atoms with Gasteiger partial charge in [0.1, 0.15) is 0 Å². The van der Waals surface area contributed by atoms with Crippen LogP contribution in [0.4, 0.5) is 0 Å². The monoisotopic (exact) mass is 265 g/mol. The van der Waals surface area contributed by atoms with Crippen molar-refractivity contribution in [2.45, 2.75) is 0 Å². The predicted molar refractivity (Wildman–Crippen MR) is 82.1 cm³/mol. The second kappa shape index (κ2) is 5.25. The average Bonchev–Trinajstić information content (AvgIpc) is 2.46. The summed E-state index contributed by atoms with van der Waals surface area (Å²) in [5, 5.41) is 1.90. The van der Waals surface area contributed by atoms with Gasteiger partial charge in [0, 0.05) is 10.4 Å². The molecule has 0 unspecified atom stereocenters. The van der Waals surface area contributed by atoms with E-state index in [9.17, 15) is 0 Å². The van der Waals surface area contributed by atoms with Gasteiger partial charge < -0.3 is 0 Å². The van der Waals surface area contributed by atoms with Crippen molar-refractivity contribution in [2.24, 2.45) is 0 Å². The van der Waals surface area contributed by atoms with E-state index in [4.69, 9.17) is 11.6 Å². The second-order valence-electron chi connectivity index (χ2n) is 4.28. The Morgan fingerprint density at radius 1 is 0.789 bits per heavy atom. The molecule has 0 bridgehead atoms. The van der Waals surface area contributed by atoms with Crippen LogP contribution in [0.25, 0.3) is 23.1 Å². The van der Waals surface area contributed by atoms with Crippen molar-refractivity contribution in [1.29, 1.82) is 0 Å². The molecule has 0 N–H and O–H groups in total. The minimum atomic E-state index is 0.750. The lowest BCUT2D eigenvalue weighted by Crippen LogP contribution is -1.82. The van der Waals surface area contributed by atoms with E-state index in [2.05, 4.69) is 17.1 Å². The molecule has 0 fully saturated rings. The molecule has 1 nitrogen and oxygen atoms in total. The zero-order chi connectivity index (χ0) is 13.1. The number of halogens is 1. The molecule has 1 heterocycles. The van der Waals surface area contributed by atoms with E-state index in [0.717, 1.165) is 27.2 Å². The molecule has 3 rings (SSSR count). The highest BCUT2D eigenvalue weighted by molar-refractivity contribution is 6.32. The highest BCUT2D eigenvalue weighted by Gasteiger charge is 1.96. The average molecular weight is 266 g/mol. The van der Waals surface area contributed by atoms with Crippen molar-refractivity contribution in [3.63, 3.8) is 0 Å². The van der Waals surface area contributed by atoms with Crippen LogP contribution in [-0.4, -0.2) is 4.98 Å². The fraction of sp³-hybridized carbons (Fsp3) is 0. The normalized spacial score (nSPS) is 11.2. The third-order valence-electron chi connectivity index (χ3n) is 2.96. The van der Waals surface area contributed by atoms with Crippen LogP contribution in [0.5, 0.6) is 0 Å². The molecule has 0 atom stereocenters. The summed E-state index contributed by atoms with van der Waals surface area (Å²) in [7, 11) is 0. The standard InChI is InChI=1S/C17H12ClN/c18-16-7-3-1-5-13(16)9-11-15-12-10-14-6-2-4-8-17(14)19-15/h1-12H. The van der Waals surface area contributed by atoms with Gasteiger partial charge in [-0.05, 0) is 29.8 Å². The van der Waals surface area contributed by atoms with Crippen LogP contribution in [0, 0.1) is 0 Å². The molecular weight excluding hydrogens is 254 g/mol. The lowest BCUT2D eigenvalue weighted by Gasteiger charge is -1.99. The molecule has 0 aliphatic carbocycles. The minimum Gasteiger partial charge on any atom is -0.248 e. The van der Waals surface area contributed by atoms with Gasteiger partial charge >= 0.3 is 0 Å². The van der Waals surface area contributed by atoms with Crippen LogP contribution in [0.15, 0.2) is 60.7 Å². The van der Waals surface area contributed by atoms with Gasteiger partial charge in [-0.2, -0.15) is 0 Å². The van der Waals surface area contributed by atoms with Gasteiger partial charge in [-0.1, -0.05) is 60.1 Å². The first kappa shape index (κ1) is 11.9. The molecule has 0 radical (unpaired) electrons. The van der Waals surface area contributed by atoms with Crippen molar-refractivity contribution in [2.75, 3.05) is 0 Å². The van der Waals surface area contributed by atoms with E-state index in [-0.39, 0.29) is 0 Å². The van der Waals surface area contributed by atoms with Crippen molar-refractivity contribution >= 4 is 34.7 Å². The summed E-state index contributed by atoms with van der Waals surface area (Å²) in [4.78, 5) is 4.59. The SMILES string of the molecule is Clc1ccccc1C=Cc1ccc2ccccc2n1. The van der Waals surface area contributed by atoms with Gasteiger partial charge in [-0.15, -0.1) is 0 Å². The Hall–Kier alpha value is -2.12. The van der Waals surface area contributed by atoms with Gasteiger partial charge in [0.05, 0.1) is 11.2 Å². The summed E-state index contributed by atoms with van der Waals surface area (Å²) in [6, 6.07) is 19.9. The van der Waals surface area contributed by atoms with E-state index in [1.54, 1.807) is 0 Å². The Balaban J connectivity index is 1.95. The van der Waals surface area contributed by atoms with Crippen LogP contribution in [-0.2, 0) is 0 Å². The first-order valence-electron chi connectivity index (χ1n) is 6.11. The van der Waals surface area contributed by atoms with E-state index in [1.165, 1.54) is 0 Å². The molecule has 0 aliphatic rings. The molecule has 0 spiro atoms. The Morgan fingerprint density at radius 2 is 1.58 bits per heavy atom. The molecule has 0 amide bonds. The largest absolute Gasteiger partial charge is 0.248 e. The quantitative estimate of drug-likeness (QED) is 0.631. The fourth-order valence-corrected chi connectivity index (χ4v) is 2.16. The lowest BCUT2D eigenvalue weighted by atomic mass is 10.1. The topological polar surface area (TPSA) is 12.9 Å². The predicted octanol–water partition coefficient (Wildman–Crippen LogP) is 5.06. The summed E-state index contributed by atoms with van der Waals surface area (Å²) in [6.07, 6.45) is 3.97. The summed E-state index contributed by atoms with van der Waals surface area (Å²) >= 11 is 6.11. The molecule has 92 valence electrons. The Morgan fingerprint density at radius 3 is 2.47 bits per heavy atom. The van der Waals surface area contributed by atoms with Crippen molar-refractivity contribution in [3.8, 4) is 0 Å². The maximum Gasteiger partial charge on any atom is 0.0709 e. The number of aromatic nitrogens is 1. The number of hydrogen-bond acceptors (Lipinski definition) is 1. The van der Waals surface area contributed by atoms with Crippen LogP contribution < -0.4 is 0 Å². The maximum atomic E-state index is 6.11. The first-order valence-corrected chi connectivity index (χ1v) is 6.49. The highest BCUT2D eigenvalue weighted by atomic mass is 35.5. The number of fused-ring (bicyclic) bond motifs is 1. The second-order valence-corrected chi connectivity index (χ2v) is 4.69. The zero-order valence-electron chi connectivity index (χ0n) is 10.3. The van der Waals surface area contributed by atoms with E-state index in [0.29, 0.717) is 0 Å². The lowest BCUT2D eigenvalue weighted by molar-refractivity contribution is 1.37. The van der Waals surface area contributed by atoms with Crippen molar-refractivity contribution in [3.05, 3.63) is 76.9 Å². The molecule has 19 heavy (non-hydrogen) atoms. The number of hydrogen-bond donors (Lipinski definition) is 0. The van der Waals surface area contributed by atoms with E-state index in [1.807, 2.05) is 60.7 Å². The highest BCUT2D eigenvalue weighted by Crippen LogP contribution is 2.18. The summed E-state index contributed by atoms with van der Waals surface area (Å²) in [5.74, 6) is 0.